The molecule has 19 heavy (non-hydrogen) atoms. The van der Waals surface area contributed by atoms with E-state index in [0.717, 1.165) is 31.7 Å². The molecule has 1 unspecified atom stereocenters. The van der Waals surface area contributed by atoms with E-state index >= 15 is 0 Å². The maximum absolute atomic E-state index is 13.5. The van der Waals surface area contributed by atoms with Gasteiger partial charge in [0.25, 0.3) is 0 Å². The Morgan fingerprint density at radius 1 is 1.32 bits per heavy atom. The fraction of sp³-hybridized carbons (Fsp3) is 0.429. The van der Waals surface area contributed by atoms with Crippen LogP contribution in [0.2, 0.25) is 0 Å². The summed E-state index contributed by atoms with van der Waals surface area (Å²) in [7, 11) is 1.16. The van der Waals surface area contributed by atoms with E-state index in [-0.39, 0.29) is 6.42 Å². The van der Waals surface area contributed by atoms with Crippen LogP contribution in [0.25, 0.3) is 0 Å². The van der Waals surface area contributed by atoms with Crippen molar-refractivity contribution in [2.45, 2.75) is 26.2 Å². The van der Waals surface area contributed by atoms with Gasteiger partial charge in [0.2, 0.25) is 0 Å². The second-order valence-electron chi connectivity index (χ2n) is 4.21. The molecule has 0 N–H and O–H groups in total. The number of carbonyl (C=O) groups excluding carboxylic acids is 2. The molecular formula is C14H16F2O3. The van der Waals surface area contributed by atoms with E-state index in [4.69, 9.17) is 0 Å². The van der Waals surface area contributed by atoms with Crippen LogP contribution in [0.5, 0.6) is 0 Å². The zero-order chi connectivity index (χ0) is 14.4. The summed E-state index contributed by atoms with van der Waals surface area (Å²) in [6, 6.07) is 2.60. The van der Waals surface area contributed by atoms with Crippen molar-refractivity contribution >= 4 is 11.8 Å². The van der Waals surface area contributed by atoms with E-state index in [2.05, 4.69) is 4.74 Å². The first-order chi connectivity index (χ1) is 9.01. The van der Waals surface area contributed by atoms with Gasteiger partial charge in [-0.05, 0) is 24.6 Å². The Morgan fingerprint density at radius 2 is 2.00 bits per heavy atom. The number of ketones is 1. The summed E-state index contributed by atoms with van der Waals surface area (Å²) >= 11 is 0. The van der Waals surface area contributed by atoms with E-state index < -0.39 is 34.9 Å². The number of carbonyl (C=O) groups is 2. The Balaban J connectivity index is 3.04. The molecule has 0 spiro atoms. The molecule has 104 valence electrons. The first-order valence-corrected chi connectivity index (χ1v) is 6.08. The monoisotopic (exact) mass is 270 g/mol. The van der Waals surface area contributed by atoms with Gasteiger partial charge in [-0.1, -0.05) is 19.8 Å². The second-order valence-corrected chi connectivity index (χ2v) is 4.21. The summed E-state index contributed by atoms with van der Waals surface area (Å²) < 4.78 is 31.1. The highest BCUT2D eigenvalue weighted by atomic mass is 19.1. The molecule has 0 bridgehead atoms. The highest BCUT2D eigenvalue weighted by Gasteiger charge is 2.29. The van der Waals surface area contributed by atoms with Gasteiger partial charge in [0.1, 0.15) is 17.6 Å². The minimum atomic E-state index is -1.08. The molecule has 0 fully saturated rings. The molecule has 1 rings (SSSR count). The lowest BCUT2D eigenvalue weighted by molar-refractivity contribution is -0.143. The molecular weight excluding hydrogens is 254 g/mol. The van der Waals surface area contributed by atoms with E-state index in [9.17, 15) is 18.4 Å². The Bertz CT molecular complexity index is 472. The van der Waals surface area contributed by atoms with Gasteiger partial charge in [-0.15, -0.1) is 0 Å². The number of hydrogen-bond acceptors (Lipinski definition) is 3. The lowest BCUT2D eigenvalue weighted by atomic mass is 9.92. The number of Topliss-reactive ketones (excluding diaryl/α,β-unsaturated/α-hetero) is 1. The van der Waals surface area contributed by atoms with Gasteiger partial charge >= 0.3 is 5.97 Å². The predicted octanol–water partition coefficient (Wildman–Crippen LogP) is 3.13. The maximum Gasteiger partial charge on any atom is 0.316 e. The molecule has 1 aromatic rings. The van der Waals surface area contributed by atoms with E-state index in [1.54, 1.807) is 0 Å². The number of methoxy groups -OCH3 is 1. The van der Waals surface area contributed by atoms with Gasteiger partial charge in [0, 0.05) is 0 Å². The molecule has 3 nitrogen and oxygen atoms in total. The van der Waals surface area contributed by atoms with Gasteiger partial charge in [-0.3, -0.25) is 9.59 Å². The van der Waals surface area contributed by atoms with Crippen LogP contribution in [0.4, 0.5) is 8.78 Å². The summed E-state index contributed by atoms with van der Waals surface area (Å²) in [4.78, 5) is 23.7. The molecule has 0 aliphatic rings. The molecule has 1 aromatic carbocycles. The third-order valence-corrected chi connectivity index (χ3v) is 2.84. The number of esters is 1. The quantitative estimate of drug-likeness (QED) is 0.453. The Labute approximate surface area is 110 Å². The molecule has 1 atom stereocenters. The van der Waals surface area contributed by atoms with Crippen molar-refractivity contribution in [1.82, 2.24) is 0 Å². The van der Waals surface area contributed by atoms with Crippen LogP contribution in [0.1, 0.15) is 36.5 Å². The fourth-order valence-electron chi connectivity index (χ4n) is 1.78. The van der Waals surface area contributed by atoms with Gasteiger partial charge in [0.15, 0.2) is 5.78 Å². The van der Waals surface area contributed by atoms with Crippen LogP contribution >= 0.6 is 0 Å². The summed E-state index contributed by atoms with van der Waals surface area (Å²) in [5, 5.41) is 0. The zero-order valence-corrected chi connectivity index (χ0v) is 10.9. The minimum absolute atomic E-state index is 0.262. The van der Waals surface area contributed by atoms with Crippen molar-refractivity contribution in [1.29, 1.82) is 0 Å². The average Bonchev–Trinajstić information content (AvgIpc) is 2.41. The molecule has 0 aromatic heterocycles. The van der Waals surface area contributed by atoms with E-state index in [0.29, 0.717) is 6.42 Å². The molecule has 0 aliphatic carbocycles. The first-order valence-electron chi connectivity index (χ1n) is 6.08. The van der Waals surface area contributed by atoms with Gasteiger partial charge in [-0.25, -0.2) is 8.78 Å². The van der Waals surface area contributed by atoms with Gasteiger partial charge < -0.3 is 4.74 Å². The smallest absolute Gasteiger partial charge is 0.316 e. The third kappa shape index (κ3) is 3.84. The molecule has 0 amide bonds. The zero-order valence-electron chi connectivity index (χ0n) is 10.9. The van der Waals surface area contributed by atoms with Crippen molar-refractivity contribution in [2.75, 3.05) is 7.11 Å². The topological polar surface area (TPSA) is 43.4 Å². The van der Waals surface area contributed by atoms with Crippen LogP contribution in [-0.2, 0) is 9.53 Å². The largest absolute Gasteiger partial charge is 0.468 e. The highest BCUT2D eigenvalue weighted by molar-refractivity contribution is 6.08. The fourth-order valence-corrected chi connectivity index (χ4v) is 1.78. The van der Waals surface area contributed by atoms with Gasteiger partial charge in [-0.2, -0.15) is 0 Å². The number of rotatable bonds is 6. The Hall–Kier alpha value is -1.78. The Morgan fingerprint density at radius 3 is 2.58 bits per heavy atom. The first kappa shape index (κ1) is 15.3. The molecule has 0 heterocycles. The third-order valence-electron chi connectivity index (χ3n) is 2.84. The van der Waals surface area contributed by atoms with Gasteiger partial charge in [0.05, 0.1) is 12.7 Å². The predicted molar refractivity (Wildman–Crippen MR) is 65.7 cm³/mol. The number of unbranched alkanes of at least 4 members (excludes halogenated alkanes) is 1. The van der Waals surface area contributed by atoms with Crippen LogP contribution < -0.4 is 0 Å². The second kappa shape index (κ2) is 6.97. The summed E-state index contributed by atoms with van der Waals surface area (Å²) in [6.45, 7) is 1.90. The van der Waals surface area contributed by atoms with Crippen LogP contribution in [0, 0.1) is 17.6 Å². The number of ether oxygens (including phenoxy) is 1. The number of benzene rings is 1. The summed E-state index contributed by atoms with van der Waals surface area (Å²) in [5.74, 6) is -4.10. The standard InChI is InChI=1S/C14H16F2O3/c1-3-4-5-10(14(18)19-2)13(17)11-8-9(15)6-7-12(11)16/h6-8,10H,3-5H2,1-2H3. The van der Waals surface area contributed by atoms with Crippen LogP contribution in [0.3, 0.4) is 0 Å². The van der Waals surface area contributed by atoms with Crippen molar-refractivity contribution in [2.24, 2.45) is 5.92 Å². The summed E-state index contributed by atoms with van der Waals surface area (Å²) in [5.41, 5.74) is -0.411. The lowest BCUT2D eigenvalue weighted by Crippen LogP contribution is -2.26. The lowest BCUT2D eigenvalue weighted by Gasteiger charge is -2.13. The summed E-state index contributed by atoms with van der Waals surface area (Å²) in [6.07, 6.45) is 1.67. The van der Waals surface area contributed by atoms with Crippen LogP contribution in [-0.4, -0.2) is 18.9 Å². The molecule has 0 aliphatic heterocycles. The molecule has 0 saturated heterocycles. The Kier molecular flexibility index (Phi) is 5.60. The minimum Gasteiger partial charge on any atom is -0.468 e. The SMILES string of the molecule is CCCCC(C(=O)OC)C(=O)c1cc(F)ccc1F. The molecule has 0 radical (unpaired) electrons. The highest BCUT2D eigenvalue weighted by Crippen LogP contribution is 2.20. The van der Waals surface area contributed by atoms with Crippen molar-refractivity contribution in [3.63, 3.8) is 0 Å². The van der Waals surface area contributed by atoms with Crippen molar-refractivity contribution < 1.29 is 23.1 Å². The van der Waals surface area contributed by atoms with Crippen molar-refractivity contribution in [3.05, 3.63) is 35.4 Å². The van der Waals surface area contributed by atoms with E-state index in [1.807, 2.05) is 6.92 Å². The normalized spacial score (nSPS) is 12.0. The van der Waals surface area contributed by atoms with Crippen LogP contribution in [0.15, 0.2) is 18.2 Å². The van der Waals surface area contributed by atoms with E-state index in [1.165, 1.54) is 0 Å². The molecule has 5 heteroatoms. The van der Waals surface area contributed by atoms with Crippen molar-refractivity contribution in [3.8, 4) is 0 Å². The maximum atomic E-state index is 13.5. The molecule has 0 saturated carbocycles. The average molecular weight is 270 g/mol. The number of halogens is 2. The number of hydrogen-bond donors (Lipinski definition) is 0.